The predicted molar refractivity (Wildman–Crippen MR) is 155 cm³/mol. The molecule has 2 aliphatic carbocycles. The minimum absolute atomic E-state index is 0.0855. The molecular formula is C31H37ClN2O3S. The van der Waals surface area contributed by atoms with Crippen molar-refractivity contribution < 1.29 is 14.6 Å². The number of aryl methyl sites for hydroxylation is 1. The fourth-order valence-corrected chi connectivity index (χ4v) is 7.79. The first kappa shape index (κ1) is 26.1. The molecule has 5 nitrogen and oxygen atoms in total. The average Bonchev–Trinajstić information content (AvgIpc) is 3.05. The molecule has 0 aromatic heterocycles. The Morgan fingerprint density at radius 1 is 1.24 bits per heavy atom. The SMILES string of the molecule is CC[C@H]1/C=C\C[C@H](O)[C@@H]2CC[C@H]2CN2C[C@@]3(CCCc4cc(Cl)ccc43)COc3ccc(cc32)C(=O)NS1. The Hall–Kier alpha value is -2.15. The number of carbonyl (C=O) groups excluding carboxylic acids is 1. The molecule has 0 unspecified atom stereocenters. The molecular weight excluding hydrogens is 516 g/mol. The van der Waals surface area contributed by atoms with Crippen LogP contribution in [0, 0.1) is 11.8 Å². The lowest BCUT2D eigenvalue weighted by molar-refractivity contribution is 0.0177. The quantitative estimate of drug-likeness (QED) is 0.320. The van der Waals surface area contributed by atoms with E-state index < -0.39 is 0 Å². The zero-order valence-electron chi connectivity index (χ0n) is 22.0. The van der Waals surface area contributed by atoms with E-state index >= 15 is 0 Å². The van der Waals surface area contributed by atoms with E-state index in [1.165, 1.54) is 23.1 Å². The molecule has 1 amide bonds. The van der Waals surface area contributed by atoms with Crippen LogP contribution in [0.25, 0.3) is 0 Å². The first-order valence-corrected chi connectivity index (χ1v) is 15.3. The Labute approximate surface area is 235 Å². The van der Waals surface area contributed by atoms with Crippen LogP contribution >= 0.6 is 23.5 Å². The summed E-state index contributed by atoms with van der Waals surface area (Å²) in [5.74, 6) is 1.45. The number of hydrogen-bond acceptors (Lipinski definition) is 5. The Balaban J connectivity index is 1.40. The van der Waals surface area contributed by atoms with Gasteiger partial charge >= 0.3 is 0 Å². The third-order valence-electron chi connectivity index (χ3n) is 9.16. The smallest absolute Gasteiger partial charge is 0.261 e. The molecule has 5 atom stereocenters. The molecule has 1 spiro atoms. The highest BCUT2D eigenvalue weighted by molar-refractivity contribution is 7.98. The van der Waals surface area contributed by atoms with Crippen molar-refractivity contribution in [2.75, 3.05) is 24.6 Å². The molecule has 1 saturated carbocycles. The number of aliphatic hydroxyl groups is 1. The molecule has 2 aromatic rings. The summed E-state index contributed by atoms with van der Waals surface area (Å²) in [6.07, 6.45) is 10.8. The molecule has 0 saturated heterocycles. The van der Waals surface area contributed by atoms with Gasteiger partial charge in [-0.2, -0.15) is 0 Å². The fraction of sp³-hybridized carbons (Fsp3) is 0.516. The number of benzene rings is 2. The van der Waals surface area contributed by atoms with Crippen molar-refractivity contribution >= 4 is 35.1 Å². The first-order valence-electron chi connectivity index (χ1n) is 14.1. The van der Waals surface area contributed by atoms with E-state index in [0.29, 0.717) is 30.4 Å². The number of nitrogens with one attached hydrogen (secondary N) is 1. The van der Waals surface area contributed by atoms with Crippen molar-refractivity contribution in [1.29, 1.82) is 0 Å². The van der Waals surface area contributed by atoms with Gasteiger partial charge in [0.1, 0.15) is 5.75 Å². The molecule has 0 radical (unpaired) electrons. The lowest BCUT2D eigenvalue weighted by atomic mass is 9.68. The fourth-order valence-electron chi connectivity index (χ4n) is 6.86. The molecule has 2 aliphatic heterocycles. The number of rotatable bonds is 1. The molecule has 4 aliphatic rings. The third kappa shape index (κ3) is 4.96. The van der Waals surface area contributed by atoms with Gasteiger partial charge in [-0.1, -0.05) is 36.7 Å². The van der Waals surface area contributed by atoms with Crippen molar-refractivity contribution in [3.63, 3.8) is 0 Å². The molecule has 202 valence electrons. The van der Waals surface area contributed by atoms with Gasteiger partial charge in [-0.3, -0.25) is 9.52 Å². The highest BCUT2D eigenvalue weighted by Gasteiger charge is 2.44. The molecule has 1 fully saturated rings. The van der Waals surface area contributed by atoms with Gasteiger partial charge in [0.15, 0.2) is 0 Å². The second kappa shape index (κ2) is 10.8. The zero-order valence-corrected chi connectivity index (χ0v) is 23.6. The number of aliphatic hydroxyl groups excluding tert-OH is 1. The van der Waals surface area contributed by atoms with E-state index in [1.807, 2.05) is 24.3 Å². The van der Waals surface area contributed by atoms with Crippen LogP contribution in [0.15, 0.2) is 48.6 Å². The second-order valence-electron chi connectivity index (χ2n) is 11.5. The van der Waals surface area contributed by atoms with Gasteiger partial charge in [0.25, 0.3) is 5.91 Å². The number of fused-ring (bicyclic) bond motifs is 4. The summed E-state index contributed by atoms with van der Waals surface area (Å²) in [5.41, 5.74) is 4.15. The minimum Gasteiger partial charge on any atom is -0.490 e. The summed E-state index contributed by atoms with van der Waals surface area (Å²) >= 11 is 7.83. The van der Waals surface area contributed by atoms with Gasteiger partial charge in [0, 0.05) is 34.3 Å². The number of ether oxygens (including phenoxy) is 1. The Kier molecular flexibility index (Phi) is 7.41. The maximum atomic E-state index is 13.2. The topological polar surface area (TPSA) is 61.8 Å². The van der Waals surface area contributed by atoms with E-state index in [4.69, 9.17) is 16.3 Å². The van der Waals surface area contributed by atoms with Gasteiger partial charge in [0.05, 0.1) is 18.4 Å². The molecule has 38 heavy (non-hydrogen) atoms. The molecule has 2 N–H and O–H groups in total. The number of halogens is 1. The summed E-state index contributed by atoms with van der Waals surface area (Å²) in [7, 11) is 0. The van der Waals surface area contributed by atoms with Crippen molar-refractivity contribution in [2.45, 2.75) is 68.6 Å². The van der Waals surface area contributed by atoms with Crippen molar-refractivity contribution in [1.82, 2.24) is 4.72 Å². The molecule has 6 rings (SSSR count). The number of carbonyl (C=O) groups is 1. The second-order valence-corrected chi connectivity index (χ2v) is 13.0. The van der Waals surface area contributed by atoms with Crippen LogP contribution in [0.1, 0.15) is 66.9 Å². The summed E-state index contributed by atoms with van der Waals surface area (Å²) in [6.45, 7) is 4.40. The highest BCUT2D eigenvalue weighted by Crippen LogP contribution is 2.47. The summed E-state index contributed by atoms with van der Waals surface area (Å²) < 4.78 is 9.63. The zero-order chi connectivity index (χ0) is 26.3. The van der Waals surface area contributed by atoms with E-state index in [9.17, 15) is 9.90 Å². The van der Waals surface area contributed by atoms with Gasteiger partial charge in [0.2, 0.25) is 0 Å². The first-order chi connectivity index (χ1) is 18.5. The summed E-state index contributed by atoms with van der Waals surface area (Å²) in [6, 6.07) is 12.2. The van der Waals surface area contributed by atoms with Gasteiger partial charge in [-0.15, -0.1) is 0 Å². The van der Waals surface area contributed by atoms with Crippen LogP contribution in [0.3, 0.4) is 0 Å². The van der Waals surface area contributed by atoms with Crippen LogP contribution in [-0.2, 0) is 11.8 Å². The molecule has 2 bridgehead atoms. The monoisotopic (exact) mass is 552 g/mol. The number of nitrogens with zero attached hydrogens (tertiary/aromatic N) is 1. The lowest BCUT2D eigenvalue weighted by Crippen LogP contribution is -2.49. The van der Waals surface area contributed by atoms with Crippen molar-refractivity contribution in [2.24, 2.45) is 11.8 Å². The normalized spacial score (nSPS) is 31.9. The van der Waals surface area contributed by atoms with E-state index in [0.717, 1.165) is 68.1 Å². The van der Waals surface area contributed by atoms with E-state index in [-0.39, 0.29) is 22.7 Å². The van der Waals surface area contributed by atoms with Crippen LogP contribution < -0.4 is 14.4 Å². The summed E-state index contributed by atoms with van der Waals surface area (Å²) in [5, 5.41) is 12.1. The lowest BCUT2D eigenvalue weighted by Gasteiger charge is -2.45. The third-order valence-corrected chi connectivity index (χ3v) is 10.5. The molecule has 2 aromatic carbocycles. The van der Waals surface area contributed by atoms with Gasteiger partial charge in [-0.05, 0) is 110 Å². The Morgan fingerprint density at radius 2 is 2.13 bits per heavy atom. The van der Waals surface area contributed by atoms with Gasteiger partial charge in [-0.25, -0.2) is 0 Å². The molecule has 7 heteroatoms. The number of anilines is 1. The van der Waals surface area contributed by atoms with Crippen molar-refractivity contribution in [3.8, 4) is 5.75 Å². The van der Waals surface area contributed by atoms with Crippen molar-refractivity contribution in [3.05, 3.63) is 70.3 Å². The standard InChI is InChI=1S/C31H37ClN2O3S/c1-2-24-6-3-7-28(35)25-11-8-22(25)17-34-18-31(14-4-5-20-15-23(32)10-12-26(20)31)19-37-29-13-9-21(16-27(29)34)30(36)33-38-24/h3,6,9-10,12-13,15-16,22,24-25,28,35H,2,4-5,7-8,11,14,17-19H2,1H3,(H,33,36)/b6-3-/t22-,24-,25+,28-,31-/m0/s1. The van der Waals surface area contributed by atoms with E-state index in [2.05, 4.69) is 40.8 Å². The maximum absolute atomic E-state index is 13.2. The largest absolute Gasteiger partial charge is 0.490 e. The number of amides is 1. The van der Waals surface area contributed by atoms with Crippen LogP contribution in [-0.4, -0.2) is 42.1 Å². The molecule has 2 heterocycles. The number of hydrogen-bond donors (Lipinski definition) is 2. The highest BCUT2D eigenvalue weighted by atomic mass is 35.5. The summed E-state index contributed by atoms with van der Waals surface area (Å²) in [4.78, 5) is 15.7. The maximum Gasteiger partial charge on any atom is 0.261 e. The average molecular weight is 553 g/mol. The van der Waals surface area contributed by atoms with E-state index in [1.54, 1.807) is 0 Å². The van der Waals surface area contributed by atoms with Crippen LogP contribution in [0.4, 0.5) is 5.69 Å². The minimum atomic E-state index is -0.340. The van der Waals surface area contributed by atoms with Crippen LogP contribution in [0.5, 0.6) is 5.75 Å². The van der Waals surface area contributed by atoms with Gasteiger partial charge < -0.3 is 14.7 Å². The Bertz CT molecular complexity index is 1240. The predicted octanol–water partition coefficient (Wildman–Crippen LogP) is 6.32. The van der Waals surface area contributed by atoms with Crippen LogP contribution in [0.2, 0.25) is 5.02 Å². The Morgan fingerprint density at radius 3 is 2.95 bits per heavy atom.